The van der Waals surface area contributed by atoms with E-state index >= 15 is 0 Å². The number of phenols is 1. The third-order valence-corrected chi connectivity index (χ3v) is 5.74. The molecule has 0 bridgehead atoms. The van der Waals surface area contributed by atoms with E-state index in [1.807, 2.05) is 0 Å². The van der Waals surface area contributed by atoms with Crippen LogP contribution in [0.2, 0.25) is 0 Å². The highest BCUT2D eigenvalue weighted by molar-refractivity contribution is 6.22. The summed E-state index contributed by atoms with van der Waals surface area (Å²) in [5.41, 5.74) is 0.403. The summed E-state index contributed by atoms with van der Waals surface area (Å²) in [6.45, 7) is 1.63. The molecular formula is C26H28O9. The molecule has 0 atom stereocenters. The second kappa shape index (κ2) is 10.4. The zero-order chi connectivity index (χ0) is 25.9. The number of carbonyl (C=O) groups excluding carboxylic acids is 2. The van der Waals surface area contributed by atoms with Gasteiger partial charge in [0.25, 0.3) is 0 Å². The Morgan fingerprint density at radius 2 is 1.46 bits per heavy atom. The first-order chi connectivity index (χ1) is 16.8. The lowest BCUT2D eigenvalue weighted by Crippen LogP contribution is -2.14. The van der Waals surface area contributed by atoms with Gasteiger partial charge in [-0.25, -0.2) is 4.79 Å². The number of aromatic hydroxyl groups is 1. The molecule has 0 saturated carbocycles. The van der Waals surface area contributed by atoms with Crippen LogP contribution >= 0.6 is 0 Å². The number of rotatable bonds is 9. The van der Waals surface area contributed by atoms with Crippen LogP contribution < -0.4 is 23.7 Å². The topological polar surface area (TPSA) is 110 Å². The van der Waals surface area contributed by atoms with E-state index in [4.69, 9.17) is 28.4 Å². The van der Waals surface area contributed by atoms with E-state index in [0.717, 1.165) is 0 Å². The number of methoxy groups -OCH3 is 6. The smallest absolute Gasteiger partial charge is 0.339 e. The zero-order valence-corrected chi connectivity index (χ0v) is 20.7. The molecule has 0 radical (unpaired) electrons. The average molecular weight is 485 g/mol. The number of phenolic OH excluding ortho intramolecular Hbond substituents is 1. The number of ketones is 1. The Kier molecular flexibility index (Phi) is 7.58. The minimum Gasteiger partial charge on any atom is -0.507 e. The molecule has 0 saturated heterocycles. The van der Waals surface area contributed by atoms with Gasteiger partial charge in [-0.1, -0.05) is 6.92 Å². The van der Waals surface area contributed by atoms with Crippen molar-refractivity contribution in [3.05, 3.63) is 35.4 Å². The van der Waals surface area contributed by atoms with Crippen LogP contribution in [0.1, 0.15) is 34.1 Å². The van der Waals surface area contributed by atoms with Crippen LogP contribution in [0, 0.1) is 0 Å². The number of ether oxygens (including phenoxy) is 6. The van der Waals surface area contributed by atoms with Gasteiger partial charge in [-0.05, 0) is 18.2 Å². The minimum atomic E-state index is -0.816. The molecule has 9 heteroatoms. The highest BCUT2D eigenvalue weighted by Crippen LogP contribution is 2.53. The molecule has 0 aliphatic heterocycles. The largest absolute Gasteiger partial charge is 0.507 e. The number of benzene rings is 3. The summed E-state index contributed by atoms with van der Waals surface area (Å²) in [5.74, 6) is -0.108. The quantitative estimate of drug-likeness (QED) is 0.343. The zero-order valence-electron chi connectivity index (χ0n) is 20.7. The molecule has 0 aliphatic carbocycles. The molecule has 0 aliphatic rings. The summed E-state index contributed by atoms with van der Waals surface area (Å²) in [4.78, 5) is 26.3. The van der Waals surface area contributed by atoms with E-state index in [1.165, 1.54) is 48.7 Å². The van der Waals surface area contributed by atoms with Crippen LogP contribution in [0.4, 0.5) is 0 Å². The Bertz CT molecular complexity index is 1290. The van der Waals surface area contributed by atoms with Crippen molar-refractivity contribution in [2.24, 2.45) is 0 Å². The van der Waals surface area contributed by atoms with Crippen LogP contribution in [0.3, 0.4) is 0 Å². The molecule has 0 heterocycles. The molecule has 35 heavy (non-hydrogen) atoms. The molecule has 0 spiro atoms. The summed E-state index contributed by atoms with van der Waals surface area (Å²) < 4.78 is 32.7. The lowest BCUT2D eigenvalue weighted by Gasteiger charge is -2.23. The van der Waals surface area contributed by atoms with Gasteiger partial charge < -0.3 is 33.5 Å². The number of carbonyl (C=O) groups is 2. The second-order valence-corrected chi connectivity index (χ2v) is 7.38. The Balaban J connectivity index is 2.75. The molecule has 1 N–H and O–H groups in total. The predicted octanol–water partition coefficient (Wildman–Crippen LogP) is 4.63. The van der Waals surface area contributed by atoms with Crippen molar-refractivity contribution in [3.63, 3.8) is 0 Å². The number of esters is 1. The maximum Gasteiger partial charge on any atom is 0.339 e. The maximum atomic E-state index is 13.2. The van der Waals surface area contributed by atoms with Crippen LogP contribution in [0.15, 0.2) is 24.3 Å². The maximum absolute atomic E-state index is 13.2. The summed E-state index contributed by atoms with van der Waals surface area (Å²) in [7, 11) is 8.49. The van der Waals surface area contributed by atoms with E-state index < -0.39 is 17.5 Å². The SMILES string of the molecule is CCC(=O)c1c(C(=O)OC)c(-c2ccc(OC)cc2OC)c2c(OC)c(OC)c(OC)cc2c1O. The van der Waals surface area contributed by atoms with E-state index in [-0.39, 0.29) is 45.7 Å². The van der Waals surface area contributed by atoms with Gasteiger partial charge in [-0.3, -0.25) is 4.79 Å². The van der Waals surface area contributed by atoms with Crippen molar-refractivity contribution in [1.29, 1.82) is 0 Å². The van der Waals surface area contributed by atoms with E-state index in [0.29, 0.717) is 22.4 Å². The van der Waals surface area contributed by atoms with Gasteiger partial charge in [0.05, 0.1) is 53.8 Å². The van der Waals surface area contributed by atoms with Gasteiger partial charge in [-0.15, -0.1) is 0 Å². The molecule has 3 aromatic carbocycles. The van der Waals surface area contributed by atoms with Crippen LogP contribution in [-0.4, -0.2) is 59.5 Å². The van der Waals surface area contributed by atoms with Gasteiger partial charge in [-0.2, -0.15) is 0 Å². The van der Waals surface area contributed by atoms with E-state index in [2.05, 4.69) is 0 Å². The number of hydrogen-bond acceptors (Lipinski definition) is 9. The molecule has 3 aromatic rings. The van der Waals surface area contributed by atoms with Crippen molar-refractivity contribution in [3.8, 4) is 45.6 Å². The molecule has 0 fully saturated rings. The van der Waals surface area contributed by atoms with Crippen molar-refractivity contribution in [2.75, 3.05) is 42.7 Å². The fourth-order valence-electron chi connectivity index (χ4n) is 4.12. The van der Waals surface area contributed by atoms with E-state index in [9.17, 15) is 14.7 Å². The monoisotopic (exact) mass is 484 g/mol. The van der Waals surface area contributed by atoms with Crippen molar-refractivity contribution < 1.29 is 43.1 Å². The minimum absolute atomic E-state index is 0.0344. The molecule has 9 nitrogen and oxygen atoms in total. The fraction of sp³-hybridized carbons (Fsp3) is 0.308. The van der Waals surface area contributed by atoms with Gasteiger partial charge in [0, 0.05) is 34.4 Å². The van der Waals surface area contributed by atoms with Crippen molar-refractivity contribution >= 4 is 22.5 Å². The number of fused-ring (bicyclic) bond motifs is 1. The Hall–Kier alpha value is -4.14. The number of Topliss-reactive ketones (excluding diaryl/α,β-unsaturated/α-hetero) is 1. The van der Waals surface area contributed by atoms with Gasteiger partial charge in [0.2, 0.25) is 5.75 Å². The van der Waals surface area contributed by atoms with Crippen LogP contribution in [-0.2, 0) is 4.74 Å². The first-order valence-corrected chi connectivity index (χ1v) is 10.7. The molecular weight excluding hydrogens is 456 g/mol. The average Bonchev–Trinajstić information content (AvgIpc) is 2.90. The Morgan fingerprint density at radius 1 is 0.800 bits per heavy atom. The predicted molar refractivity (Wildman–Crippen MR) is 130 cm³/mol. The fourth-order valence-corrected chi connectivity index (χ4v) is 4.12. The summed E-state index contributed by atoms with van der Waals surface area (Å²) in [6.07, 6.45) is 0.0344. The Labute approximate surface area is 203 Å². The van der Waals surface area contributed by atoms with Crippen LogP contribution in [0.25, 0.3) is 21.9 Å². The second-order valence-electron chi connectivity index (χ2n) is 7.38. The summed E-state index contributed by atoms with van der Waals surface area (Å²) in [5, 5.41) is 11.9. The summed E-state index contributed by atoms with van der Waals surface area (Å²) >= 11 is 0. The third-order valence-electron chi connectivity index (χ3n) is 5.74. The lowest BCUT2D eigenvalue weighted by atomic mass is 9.85. The molecule has 0 aromatic heterocycles. The van der Waals surface area contributed by atoms with Gasteiger partial charge in [0.1, 0.15) is 17.2 Å². The van der Waals surface area contributed by atoms with Crippen molar-refractivity contribution in [1.82, 2.24) is 0 Å². The molecule has 3 rings (SSSR count). The van der Waals surface area contributed by atoms with Gasteiger partial charge in [0.15, 0.2) is 17.3 Å². The highest BCUT2D eigenvalue weighted by atomic mass is 16.5. The molecule has 0 amide bonds. The van der Waals surface area contributed by atoms with Crippen molar-refractivity contribution in [2.45, 2.75) is 13.3 Å². The summed E-state index contributed by atoms with van der Waals surface area (Å²) in [6, 6.07) is 6.54. The molecule has 0 unspecified atom stereocenters. The third kappa shape index (κ3) is 4.14. The normalized spacial score (nSPS) is 10.6. The standard InChI is InChI=1S/C26H28O9/c1-8-16(27)21-22(26(29)35-7)19(14-10-9-13(30-2)11-17(14)31-3)20-15(23(21)28)12-18(32-4)24(33-5)25(20)34-6/h9-12,28H,8H2,1-7H3. The Morgan fingerprint density at radius 3 is 1.97 bits per heavy atom. The number of hydrogen-bond donors (Lipinski definition) is 1. The van der Waals surface area contributed by atoms with Crippen LogP contribution in [0.5, 0.6) is 34.5 Å². The van der Waals surface area contributed by atoms with Gasteiger partial charge >= 0.3 is 5.97 Å². The first kappa shape index (κ1) is 25.5. The first-order valence-electron chi connectivity index (χ1n) is 10.7. The molecule has 186 valence electrons. The van der Waals surface area contributed by atoms with E-state index in [1.54, 1.807) is 25.1 Å². The lowest BCUT2D eigenvalue weighted by molar-refractivity contribution is 0.0597. The highest BCUT2D eigenvalue weighted by Gasteiger charge is 2.33.